The molecule has 8 heteroatoms. The Morgan fingerprint density at radius 1 is 1.07 bits per heavy atom. The van der Waals surface area contributed by atoms with Crippen LogP contribution in [0.5, 0.6) is 0 Å². The van der Waals surface area contributed by atoms with E-state index in [-0.39, 0.29) is 17.1 Å². The van der Waals surface area contributed by atoms with E-state index >= 15 is 0 Å². The summed E-state index contributed by atoms with van der Waals surface area (Å²) in [5.41, 5.74) is 2.53. The quantitative estimate of drug-likeness (QED) is 0.490. The molecule has 1 unspecified atom stereocenters. The van der Waals surface area contributed by atoms with E-state index in [1.165, 1.54) is 29.1 Å². The molecule has 0 aliphatic carbocycles. The van der Waals surface area contributed by atoms with E-state index in [4.69, 9.17) is 0 Å². The van der Waals surface area contributed by atoms with E-state index in [0.29, 0.717) is 11.4 Å². The van der Waals surface area contributed by atoms with Gasteiger partial charge in [0.1, 0.15) is 16.2 Å². The van der Waals surface area contributed by atoms with Crippen molar-refractivity contribution < 1.29 is 9.59 Å². The average molecular weight is 401 g/mol. The number of rotatable bonds is 5. The summed E-state index contributed by atoms with van der Waals surface area (Å²) in [5, 5.41) is 7.13. The second kappa shape index (κ2) is 8.06. The van der Waals surface area contributed by atoms with Crippen LogP contribution in [0.2, 0.25) is 0 Å². The number of anilines is 2. The third-order valence-corrected chi connectivity index (χ3v) is 6.28. The number of nitrogens with one attached hydrogen (secondary N) is 2. The van der Waals surface area contributed by atoms with Crippen molar-refractivity contribution in [2.24, 2.45) is 0 Å². The van der Waals surface area contributed by atoms with Crippen molar-refractivity contribution in [3.63, 3.8) is 0 Å². The second-order valence-corrected chi connectivity index (χ2v) is 8.68. The van der Waals surface area contributed by atoms with E-state index in [1.807, 2.05) is 6.92 Å². The highest BCUT2D eigenvalue weighted by molar-refractivity contribution is 8.00. The van der Waals surface area contributed by atoms with Gasteiger partial charge in [0, 0.05) is 28.6 Å². The van der Waals surface area contributed by atoms with Crippen LogP contribution in [0, 0.1) is 13.8 Å². The van der Waals surface area contributed by atoms with Crippen molar-refractivity contribution in [3.05, 3.63) is 41.0 Å². The molecule has 0 aliphatic rings. The van der Waals surface area contributed by atoms with Crippen molar-refractivity contribution in [1.29, 1.82) is 0 Å². The molecule has 1 aromatic carbocycles. The molecule has 0 aliphatic heterocycles. The van der Waals surface area contributed by atoms with Crippen molar-refractivity contribution in [1.82, 2.24) is 9.97 Å². The highest BCUT2D eigenvalue weighted by atomic mass is 32.2. The lowest BCUT2D eigenvalue weighted by Crippen LogP contribution is -2.22. The van der Waals surface area contributed by atoms with Crippen molar-refractivity contribution in [3.8, 4) is 0 Å². The van der Waals surface area contributed by atoms with Crippen LogP contribution in [0.4, 0.5) is 11.4 Å². The van der Waals surface area contributed by atoms with E-state index in [1.54, 1.807) is 41.9 Å². The molecule has 3 rings (SSSR count). The van der Waals surface area contributed by atoms with Gasteiger partial charge >= 0.3 is 0 Å². The first-order valence-corrected chi connectivity index (χ1v) is 10.1. The molecular weight excluding hydrogens is 380 g/mol. The Morgan fingerprint density at radius 2 is 1.70 bits per heavy atom. The maximum Gasteiger partial charge on any atom is 0.237 e. The Hall–Kier alpha value is -2.45. The average Bonchev–Trinajstić information content (AvgIpc) is 2.91. The third-order valence-electron chi connectivity index (χ3n) is 4.06. The molecule has 140 valence electrons. The molecule has 0 fully saturated rings. The molecule has 2 heterocycles. The SMILES string of the molecule is CC(=O)Nc1ccc(NC(=O)C(C)Sc2ncnc3sc(C)c(C)c23)cc1. The summed E-state index contributed by atoms with van der Waals surface area (Å²) >= 11 is 3.07. The van der Waals surface area contributed by atoms with Crippen LogP contribution in [0.25, 0.3) is 10.2 Å². The summed E-state index contributed by atoms with van der Waals surface area (Å²) in [7, 11) is 0. The summed E-state index contributed by atoms with van der Waals surface area (Å²) in [6, 6.07) is 7.02. The minimum atomic E-state index is -0.322. The van der Waals surface area contributed by atoms with Gasteiger partial charge in [-0.2, -0.15) is 0 Å². The minimum absolute atomic E-state index is 0.108. The largest absolute Gasteiger partial charge is 0.326 e. The number of amides is 2. The van der Waals surface area contributed by atoms with Gasteiger partial charge in [-0.05, 0) is 50.6 Å². The number of benzene rings is 1. The van der Waals surface area contributed by atoms with Crippen LogP contribution in [-0.2, 0) is 9.59 Å². The second-order valence-electron chi connectivity index (χ2n) is 6.15. The summed E-state index contributed by atoms with van der Waals surface area (Å²) in [6.45, 7) is 7.43. The molecule has 27 heavy (non-hydrogen) atoms. The first-order valence-electron chi connectivity index (χ1n) is 8.41. The van der Waals surface area contributed by atoms with Gasteiger partial charge in [0.25, 0.3) is 0 Å². The van der Waals surface area contributed by atoms with Gasteiger partial charge < -0.3 is 10.6 Å². The lowest BCUT2D eigenvalue weighted by Gasteiger charge is -2.13. The van der Waals surface area contributed by atoms with Gasteiger partial charge in [-0.25, -0.2) is 9.97 Å². The van der Waals surface area contributed by atoms with Crippen LogP contribution in [0.15, 0.2) is 35.6 Å². The van der Waals surface area contributed by atoms with Gasteiger partial charge in [-0.15, -0.1) is 11.3 Å². The van der Waals surface area contributed by atoms with Crippen molar-refractivity contribution in [2.75, 3.05) is 10.6 Å². The van der Waals surface area contributed by atoms with Gasteiger partial charge in [0.15, 0.2) is 0 Å². The summed E-state index contributed by atoms with van der Waals surface area (Å²) in [4.78, 5) is 34.5. The van der Waals surface area contributed by atoms with Crippen LogP contribution in [0.3, 0.4) is 0 Å². The van der Waals surface area contributed by atoms with Gasteiger partial charge in [0.05, 0.1) is 5.25 Å². The predicted octanol–water partition coefficient (Wildman–Crippen LogP) is 4.39. The fraction of sp³-hybridized carbons (Fsp3) is 0.263. The third kappa shape index (κ3) is 4.45. The van der Waals surface area contributed by atoms with Crippen LogP contribution in [0.1, 0.15) is 24.3 Å². The van der Waals surface area contributed by atoms with E-state index in [2.05, 4.69) is 34.4 Å². The molecule has 0 radical (unpaired) electrons. The van der Waals surface area contributed by atoms with E-state index < -0.39 is 0 Å². The van der Waals surface area contributed by atoms with Crippen molar-refractivity contribution >= 4 is 56.5 Å². The maximum absolute atomic E-state index is 12.6. The lowest BCUT2D eigenvalue weighted by atomic mass is 10.2. The minimum Gasteiger partial charge on any atom is -0.326 e. The molecule has 0 spiro atoms. The Morgan fingerprint density at radius 3 is 2.33 bits per heavy atom. The number of aryl methyl sites for hydroxylation is 2. The summed E-state index contributed by atoms with van der Waals surface area (Å²) in [6.07, 6.45) is 1.55. The number of thioether (sulfide) groups is 1. The maximum atomic E-state index is 12.6. The monoisotopic (exact) mass is 400 g/mol. The molecule has 1 atom stereocenters. The van der Waals surface area contributed by atoms with Gasteiger partial charge in [-0.3, -0.25) is 9.59 Å². The highest BCUT2D eigenvalue weighted by Crippen LogP contribution is 2.36. The number of nitrogens with zero attached hydrogens (tertiary/aromatic N) is 2. The zero-order valence-corrected chi connectivity index (χ0v) is 17.1. The highest BCUT2D eigenvalue weighted by Gasteiger charge is 2.19. The van der Waals surface area contributed by atoms with Crippen molar-refractivity contribution in [2.45, 2.75) is 38.0 Å². The Bertz CT molecular complexity index is 999. The molecule has 3 aromatic rings. The van der Waals surface area contributed by atoms with Gasteiger partial charge in [-0.1, -0.05) is 11.8 Å². The number of aromatic nitrogens is 2. The van der Waals surface area contributed by atoms with E-state index in [0.717, 1.165) is 15.2 Å². The normalized spacial score (nSPS) is 12.0. The molecule has 6 nitrogen and oxygen atoms in total. The zero-order valence-electron chi connectivity index (χ0n) is 15.5. The molecule has 0 bridgehead atoms. The molecule has 0 saturated carbocycles. The van der Waals surface area contributed by atoms with Crippen LogP contribution < -0.4 is 10.6 Å². The fourth-order valence-corrected chi connectivity index (χ4v) is 4.58. The number of hydrogen-bond donors (Lipinski definition) is 2. The zero-order chi connectivity index (χ0) is 19.6. The Kier molecular flexibility index (Phi) is 5.76. The van der Waals surface area contributed by atoms with E-state index in [9.17, 15) is 9.59 Å². The first kappa shape index (κ1) is 19.3. The fourth-order valence-electron chi connectivity index (χ4n) is 2.54. The first-order chi connectivity index (χ1) is 12.8. The number of carbonyl (C=O) groups excluding carboxylic acids is 2. The molecule has 0 saturated heterocycles. The summed E-state index contributed by atoms with van der Waals surface area (Å²) in [5.74, 6) is -0.240. The standard InChI is InChI=1S/C19H20N4O2S2/c1-10-11(2)26-18-16(10)19(21-9-20-18)27-12(3)17(25)23-15-7-5-14(6-8-15)22-13(4)24/h5-9,12H,1-4H3,(H,22,24)(H,23,25). The number of hydrogen-bond acceptors (Lipinski definition) is 6. The van der Waals surface area contributed by atoms with Crippen LogP contribution >= 0.6 is 23.1 Å². The number of thiophene rings is 1. The Balaban J connectivity index is 1.70. The molecule has 2 amide bonds. The molecule has 2 aromatic heterocycles. The number of fused-ring (bicyclic) bond motifs is 1. The topological polar surface area (TPSA) is 84.0 Å². The molecule has 2 N–H and O–H groups in total. The lowest BCUT2D eigenvalue weighted by molar-refractivity contribution is -0.115. The number of carbonyl (C=O) groups is 2. The smallest absolute Gasteiger partial charge is 0.237 e. The summed E-state index contributed by atoms with van der Waals surface area (Å²) < 4.78 is 0. The Labute approximate surface area is 165 Å². The van der Waals surface area contributed by atoms with Gasteiger partial charge in [0.2, 0.25) is 11.8 Å². The van der Waals surface area contributed by atoms with Crippen LogP contribution in [-0.4, -0.2) is 27.0 Å². The molecular formula is C19H20N4O2S2. The predicted molar refractivity (Wildman–Crippen MR) is 112 cm³/mol.